The summed E-state index contributed by atoms with van der Waals surface area (Å²) in [6.07, 6.45) is 8.02. The lowest BCUT2D eigenvalue weighted by Crippen LogP contribution is -2.12. The molecule has 0 spiro atoms. The minimum atomic E-state index is 0.412. The number of aromatic nitrogens is 1. The Morgan fingerprint density at radius 1 is 1.26 bits per heavy atom. The lowest BCUT2D eigenvalue weighted by Gasteiger charge is -2.11. The molecule has 1 aromatic carbocycles. The molecular weight excluding hydrogens is 232 g/mol. The van der Waals surface area contributed by atoms with Gasteiger partial charge in [0.2, 0.25) is 0 Å². The van der Waals surface area contributed by atoms with Gasteiger partial charge in [-0.3, -0.25) is 0 Å². The summed E-state index contributed by atoms with van der Waals surface area (Å²) in [7, 11) is 2.04. The van der Waals surface area contributed by atoms with E-state index in [9.17, 15) is 0 Å². The van der Waals surface area contributed by atoms with Gasteiger partial charge in [0.05, 0.1) is 0 Å². The molecule has 1 aromatic heterocycles. The van der Waals surface area contributed by atoms with Crippen LogP contribution in [0.15, 0.2) is 30.5 Å². The van der Waals surface area contributed by atoms with E-state index in [1.807, 2.05) is 7.05 Å². The van der Waals surface area contributed by atoms with Gasteiger partial charge in [0.1, 0.15) is 0 Å². The number of nitrogens with one attached hydrogen (secondary N) is 1. The number of nitrogens with zero attached hydrogens (tertiary/aromatic N) is 1. The van der Waals surface area contributed by atoms with Crippen LogP contribution in [-0.2, 0) is 6.54 Å². The summed E-state index contributed by atoms with van der Waals surface area (Å²) in [5, 5.41) is 4.77. The fourth-order valence-electron chi connectivity index (χ4n) is 3.40. The van der Waals surface area contributed by atoms with Crippen molar-refractivity contribution in [2.24, 2.45) is 5.92 Å². The Labute approximate surface area is 115 Å². The second-order valence-electron chi connectivity index (χ2n) is 5.91. The first kappa shape index (κ1) is 12.7. The molecule has 0 radical (unpaired) electrons. The van der Waals surface area contributed by atoms with Gasteiger partial charge >= 0.3 is 0 Å². The summed E-state index contributed by atoms with van der Waals surface area (Å²) < 4.78 is 2.48. The summed E-state index contributed by atoms with van der Waals surface area (Å²) in [6, 6.07) is 9.23. The zero-order valence-corrected chi connectivity index (χ0v) is 12.0. The third-order valence-electron chi connectivity index (χ3n) is 4.65. The zero-order valence-electron chi connectivity index (χ0n) is 12.0. The molecule has 0 saturated heterocycles. The van der Waals surface area contributed by atoms with Gasteiger partial charge in [-0.2, -0.15) is 0 Å². The van der Waals surface area contributed by atoms with E-state index in [4.69, 9.17) is 0 Å². The number of hydrogen-bond acceptors (Lipinski definition) is 1. The fraction of sp³-hybridized carbons (Fsp3) is 0.529. The van der Waals surface area contributed by atoms with E-state index in [0.717, 1.165) is 5.92 Å². The van der Waals surface area contributed by atoms with Crippen molar-refractivity contribution in [2.45, 2.75) is 45.2 Å². The Bertz CT molecular complexity index is 549. The summed E-state index contributed by atoms with van der Waals surface area (Å²) in [4.78, 5) is 0. The molecule has 0 aliphatic heterocycles. The molecule has 2 aromatic rings. The normalized spacial score (nSPS) is 18.2. The third-order valence-corrected chi connectivity index (χ3v) is 4.65. The van der Waals surface area contributed by atoms with Crippen LogP contribution in [0.3, 0.4) is 0 Å². The number of benzene rings is 1. The lowest BCUT2D eigenvalue weighted by molar-refractivity contribution is 0.464. The second-order valence-corrected chi connectivity index (χ2v) is 5.91. The first-order valence-electron chi connectivity index (χ1n) is 7.54. The average Bonchev–Trinajstić information content (AvgIpc) is 3.07. The van der Waals surface area contributed by atoms with Crippen molar-refractivity contribution in [1.82, 2.24) is 9.88 Å². The minimum Gasteiger partial charge on any atom is -0.347 e. The van der Waals surface area contributed by atoms with Crippen molar-refractivity contribution in [1.29, 1.82) is 0 Å². The topological polar surface area (TPSA) is 17.0 Å². The monoisotopic (exact) mass is 256 g/mol. The van der Waals surface area contributed by atoms with Crippen molar-refractivity contribution in [3.8, 4) is 0 Å². The zero-order chi connectivity index (χ0) is 13.2. The van der Waals surface area contributed by atoms with Crippen LogP contribution in [0.4, 0.5) is 0 Å². The van der Waals surface area contributed by atoms with Crippen LogP contribution >= 0.6 is 0 Å². The lowest BCUT2D eigenvalue weighted by atomic mass is 10.1. The third kappa shape index (κ3) is 2.42. The maximum Gasteiger partial charge on any atom is 0.0483 e. The quantitative estimate of drug-likeness (QED) is 0.871. The van der Waals surface area contributed by atoms with E-state index in [1.54, 1.807) is 0 Å². The Morgan fingerprint density at radius 2 is 2.00 bits per heavy atom. The average molecular weight is 256 g/mol. The molecule has 1 aliphatic carbocycles. The van der Waals surface area contributed by atoms with E-state index in [1.165, 1.54) is 48.7 Å². The highest BCUT2D eigenvalue weighted by Gasteiger charge is 2.18. The summed E-state index contributed by atoms with van der Waals surface area (Å²) in [5.41, 5.74) is 2.82. The van der Waals surface area contributed by atoms with Gasteiger partial charge in [-0.15, -0.1) is 0 Å². The highest BCUT2D eigenvalue weighted by atomic mass is 15.0. The molecule has 19 heavy (non-hydrogen) atoms. The van der Waals surface area contributed by atoms with Crippen molar-refractivity contribution in [3.05, 3.63) is 36.0 Å². The minimum absolute atomic E-state index is 0.412. The standard InChI is InChI=1S/C17H24N2/c1-13(18-2)16-12-19(11-14-7-3-4-8-14)17-10-6-5-9-15(16)17/h5-6,9-10,12-14,18H,3-4,7-8,11H2,1-2H3. The van der Waals surface area contributed by atoms with Gasteiger partial charge in [-0.25, -0.2) is 0 Å². The molecule has 102 valence electrons. The Morgan fingerprint density at radius 3 is 2.74 bits per heavy atom. The molecule has 1 N–H and O–H groups in total. The molecule has 1 unspecified atom stereocenters. The maximum absolute atomic E-state index is 3.37. The highest BCUT2D eigenvalue weighted by Crippen LogP contribution is 2.31. The molecule has 1 heterocycles. The van der Waals surface area contributed by atoms with E-state index >= 15 is 0 Å². The number of fused-ring (bicyclic) bond motifs is 1. The molecule has 1 saturated carbocycles. The van der Waals surface area contributed by atoms with Crippen LogP contribution in [0.25, 0.3) is 10.9 Å². The molecule has 0 amide bonds. The van der Waals surface area contributed by atoms with E-state index in [2.05, 4.69) is 47.3 Å². The van der Waals surface area contributed by atoms with Crippen molar-refractivity contribution >= 4 is 10.9 Å². The van der Waals surface area contributed by atoms with Crippen molar-refractivity contribution in [3.63, 3.8) is 0 Å². The maximum atomic E-state index is 3.37. The van der Waals surface area contributed by atoms with Gasteiger partial charge in [-0.05, 0) is 44.4 Å². The smallest absolute Gasteiger partial charge is 0.0483 e. The van der Waals surface area contributed by atoms with Gasteiger partial charge in [0.15, 0.2) is 0 Å². The molecule has 1 fully saturated rings. The van der Waals surface area contributed by atoms with Gasteiger partial charge in [0, 0.05) is 29.7 Å². The van der Waals surface area contributed by atoms with Crippen LogP contribution in [0.1, 0.15) is 44.2 Å². The molecule has 1 atom stereocenters. The molecule has 1 aliphatic rings. The molecule has 3 rings (SSSR count). The fourth-order valence-corrected chi connectivity index (χ4v) is 3.40. The van der Waals surface area contributed by atoms with Gasteiger partial charge in [-0.1, -0.05) is 31.0 Å². The van der Waals surface area contributed by atoms with Gasteiger partial charge < -0.3 is 9.88 Å². The number of hydrogen-bond donors (Lipinski definition) is 1. The highest BCUT2D eigenvalue weighted by molar-refractivity contribution is 5.84. The SMILES string of the molecule is CNC(C)c1cn(CC2CCCC2)c2ccccc12. The van der Waals surface area contributed by atoms with Crippen LogP contribution in [-0.4, -0.2) is 11.6 Å². The summed E-state index contributed by atoms with van der Waals surface area (Å²) in [5.74, 6) is 0.883. The Kier molecular flexibility index (Phi) is 3.61. The number of para-hydroxylation sites is 1. The van der Waals surface area contributed by atoms with Crippen LogP contribution in [0.2, 0.25) is 0 Å². The molecule has 2 nitrogen and oxygen atoms in total. The molecule has 0 bridgehead atoms. The van der Waals surface area contributed by atoms with E-state index < -0.39 is 0 Å². The second kappa shape index (κ2) is 5.38. The molecule has 2 heteroatoms. The number of rotatable bonds is 4. The van der Waals surface area contributed by atoms with Crippen molar-refractivity contribution in [2.75, 3.05) is 7.05 Å². The van der Waals surface area contributed by atoms with Crippen molar-refractivity contribution < 1.29 is 0 Å². The first-order valence-corrected chi connectivity index (χ1v) is 7.54. The van der Waals surface area contributed by atoms with Crippen LogP contribution in [0, 0.1) is 5.92 Å². The van der Waals surface area contributed by atoms with E-state index in [0.29, 0.717) is 6.04 Å². The van der Waals surface area contributed by atoms with E-state index in [-0.39, 0.29) is 0 Å². The first-order chi connectivity index (χ1) is 9.29. The molecular formula is C17H24N2. The Balaban J connectivity index is 1.98. The summed E-state index contributed by atoms with van der Waals surface area (Å²) >= 11 is 0. The summed E-state index contributed by atoms with van der Waals surface area (Å²) in [6.45, 7) is 3.43. The predicted molar refractivity (Wildman–Crippen MR) is 81.4 cm³/mol. The predicted octanol–water partition coefficient (Wildman–Crippen LogP) is 4.11. The van der Waals surface area contributed by atoms with Gasteiger partial charge in [0.25, 0.3) is 0 Å². The van der Waals surface area contributed by atoms with Crippen LogP contribution < -0.4 is 5.32 Å². The Hall–Kier alpha value is -1.28. The largest absolute Gasteiger partial charge is 0.347 e. The van der Waals surface area contributed by atoms with Crippen LogP contribution in [0.5, 0.6) is 0 Å².